The van der Waals surface area contributed by atoms with E-state index in [1.165, 1.54) is 16.7 Å². The standard InChI is InChI=1S/C59H63N3O11/c1-66-56-25-23-43(36-57(56)67-2)22-24-55(73-42-63)45-14-10-16-47(37-45)71-41-58(64)60-27-30-68-32-34-70-35-33-69-31-29-62(39-46-15-11-21-54-48(46)26-28-61(54)38-44-12-4-3-5-13-44)59(65)72-40-53-51-19-8-6-17-49(51)50-18-7-9-20-52(50)53/h3-21,23,25-26,28,36-37,42,53,55H,22,24,27,29-35,38-41H2,1-2H3,(H,60,64). The molecule has 1 heterocycles. The van der Waals surface area contributed by atoms with Crippen LogP contribution in [0.25, 0.3) is 22.0 Å². The van der Waals surface area contributed by atoms with E-state index in [1.54, 1.807) is 37.3 Å². The van der Waals surface area contributed by atoms with E-state index in [4.69, 9.17) is 37.9 Å². The van der Waals surface area contributed by atoms with Crippen LogP contribution in [0.2, 0.25) is 0 Å². The summed E-state index contributed by atoms with van der Waals surface area (Å²) < 4.78 is 47.7. The summed E-state index contributed by atoms with van der Waals surface area (Å²) in [7, 11) is 3.17. The number of nitrogens with one attached hydrogen (secondary N) is 1. The van der Waals surface area contributed by atoms with Crippen LogP contribution in [0.1, 0.15) is 51.8 Å². The third-order valence-corrected chi connectivity index (χ3v) is 12.8. The lowest BCUT2D eigenvalue weighted by atomic mass is 9.98. The lowest BCUT2D eigenvalue weighted by Gasteiger charge is -2.24. The van der Waals surface area contributed by atoms with Crippen molar-refractivity contribution in [2.75, 3.05) is 80.2 Å². The molecule has 1 N–H and O–H groups in total. The van der Waals surface area contributed by atoms with Crippen molar-refractivity contribution in [2.45, 2.75) is 38.0 Å². The van der Waals surface area contributed by atoms with Crippen LogP contribution in [0.5, 0.6) is 17.2 Å². The first-order chi connectivity index (χ1) is 35.9. The minimum Gasteiger partial charge on any atom is -0.493 e. The van der Waals surface area contributed by atoms with Crippen LogP contribution in [0.3, 0.4) is 0 Å². The van der Waals surface area contributed by atoms with Crippen LogP contribution in [0.15, 0.2) is 152 Å². The Bertz CT molecular complexity index is 2840. The highest BCUT2D eigenvalue weighted by molar-refractivity contribution is 5.84. The number of benzene rings is 6. The first kappa shape index (κ1) is 51.7. The van der Waals surface area contributed by atoms with E-state index >= 15 is 0 Å². The molecule has 14 heteroatoms. The maximum absolute atomic E-state index is 14.0. The zero-order valence-corrected chi connectivity index (χ0v) is 41.5. The van der Waals surface area contributed by atoms with Crippen molar-refractivity contribution in [1.29, 1.82) is 0 Å². The van der Waals surface area contributed by atoms with Crippen molar-refractivity contribution in [3.8, 4) is 28.4 Å². The van der Waals surface area contributed by atoms with Gasteiger partial charge < -0.3 is 52.7 Å². The SMILES string of the molecule is COc1ccc(CCC(OC=O)c2cccc(OCC(=O)NCCOCCOCCOCCN(Cc3cccc4c3ccn4Cc3ccccc3)C(=O)OCC3c4ccccc4-c4ccccc43)c2)cc1OC. The molecule has 0 fully saturated rings. The predicted molar refractivity (Wildman–Crippen MR) is 278 cm³/mol. The average molecular weight is 990 g/mol. The third kappa shape index (κ3) is 14.1. The summed E-state index contributed by atoms with van der Waals surface area (Å²) in [6, 6.07) is 48.2. The Morgan fingerprint density at radius 3 is 2.14 bits per heavy atom. The van der Waals surface area contributed by atoms with Gasteiger partial charge in [-0.25, -0.2) is 4.79 Å². The molecular weight excluding hydrogens is 927 g/mol. The number of carbonyl (C=O) groups excluding carboxylic acids is 3. The van der Waals surface area contributed by atoms with Crippen LogP contribution >= 0.6 is 0 Å². The fourth-order valence-electron chi connectivity index (χ4n) is 9.17. The zero-order chi connectivity index (χ0) is 50.6. The van der Waals surface area contributed by atoms with Gasteiger partial charge >= 0.3 is 6.09 Å². The van der Waals surface area contributed by atoms with Gasteiger partial charge in [0.15, 0.2) is 18.1 Å². The van der Waals surface area contributed by atoms with Gasteiger partial charge in [0.05, 0.1) is 53.9 Å². The number of hydrogen-bond acceptors (Lipinski definition) is 11. The average Bonchev–Trinajstić information content (AvgIpc) is 3.99. The van der Waals surface area contributed by atoms with E-state index in [1.807, 2.05) is 72.8 Å². The van der Waals surface area contributed by atoms with Crippen LogP contribution in [0, 0.1) is 0 Å². The van der Waals surface area contributed by atoms with Gasteiger partial charge in [0.1, 0.15) is 18.5 Å². The summed E-state index contributed by atoms with van der Waals surface area (Å²) in [6.45, 7) is 4.13. The fraction of sp³-hybridized carbons (Fsp3) is 0.305. The van der Waals surface area contributed by atoms with Gasteiger partial charge in [-0.2, -0.15) is 0 Å². The number of amides is 2. The van der Waals surface area contributed by atoms with E-state index in [0.717, 1.165) is 45.3 Å². The molecule has 0 aliphatic heterocycles. The van der Waals surface area contributed by atoms with Gasteiger partial charge in [0, 0.05) is 49.2 Å². The second-order valence-corrected chi connectivity index (χ2v) is 17.5. The summed E-state index contributed by atoms with van der Waals surface area (Å²) in [6.07, 6.45) is 2.33. The zero-order valence-electron chi connectivity index (χ0n) is 41.5. The van der Waals surface area contributed by atoms with Crippen molar-refractivity contribution in [3.63, 3.8) is 0 Å². The summed E-state index contributed by atoms with van der Waals surface area (Å²) in [5.41, 5.74) is 9.75. The number of nitrogens with zero attached hydrogens (tertiary/aromatic N) is 2. The molecule has 73 heavy (non-hydrogen) atoms. The minimum atomic E-state index is -0.515. The molecule has 1 aliphatic rings. The number of aryl methyl sites for hydroxylation is 1. The number of aromatic nitrogens is 1. The van der Waals surface area contributed by atoms with Gasteiger partial charge in [-0.3, -0.25) is 9.59 Å². The van der Waals surface area contributed by atoms with E-state index < -0.39 is 12.2 Å². The molecule has 1 aromatic heterocycles. The van der Waals surface area contributed by atoms with E-state index in [-0.39, 0.29) is 25.0 Å². The summed E-state index contributed by atoms with van der Waals surface area (Å²) in [4.78, 5) is 39.7. The highest BCUT2D eigenvalue weighted by Crippen LogP contribution is 2.44. The Labute approximate surface area is 426 Å². The number of fused-ring (bicyclic) bond motifs is 4. The maximum Gasteiger partial charge on any atom is 0.410 e. The van der Waals surface area contributed by atoms with Gasteiger partial charge in [-0.15, -0.1) is 0 Å². The Hall–Kier alpha value is -7.65. The van der Waals surface area contributed by atoms with E-state index in [2.05, 4.69) is 70.7 Å². The molecule has 0 spiro atoms. The van der Waals surface area contributed by atoms with Crippen LogP contribution < -0.4 is 19.5 Å². The monoisotopic (exact) mass is 989 g/mol. The number of rotatable bonds is 29. The molecule has 7 aromatic rings. The highest BCUT2D eigenvalue weighted by Gasteiger charge is 2.30. The molecule has 380 valence electrons. The van der Waals surface area contributed by atoms with Crippen molar-refractivity contribution in [1.82, 2.24) is 14.8 Å². The van der Waals surface area contributed by atoms with Gasteiger partial charge in [0.2, 0.25) is 0 Å². The fourth-order valence-corrected chi connectivity index (χ4v) is 9.17. The van der Waals surface area contributed by atoms with Crippen LogP contribution in [-0.4, -0.2) is 108 Å². The Balaban J connectivity index is 0.740. The first-order valence-electron chi connectivity index (χ1n) is 24.7. The number of ether oxygens (including phenoxy) is 8. The van der Waals surface area contributed by atoms with E-state index in [0.29, 0.717) is 95.8 Å². The molecule has 1 unspecified atom stereocenters. The molecule has 0 saturated carbocycles. The van der Waals surface area contributed by atoms with Crippen molar-refractivity contribution < 1.29 is 52.3 Å². The molecule has 0 bridgehead atoms. The number of carbonyl (C=O) groups is 3. The second kappa shape index (κ2) is 26.7. The van der Waals surface area contributed by atoms with Crippen LogP contribution in [-0.2, 0) is 52.8 Å². The normalized spacial score (nSPS) is 12.1. The van der Waals surface area contributed by atoms with Crippen molar-refractivity contribution in [3.05, 3.63) is 185 Å². The lowest BCUT2D eigenvalue weighted by Crippen LogP contribution is -2.35. The smallest absolute Gasteiger partial charge is 0.410 e. The molecular formula is C59H63N3O11. The van der Waals surface area contributed by atoms with Crippen molar-refractivity contribution >= 4 is 29.4 Å². The molecule has 6 aromatic carbocycles. The Morgan fingerprint density at radius 1 is 0.699 bits per heavy atom. The minimum absolute atomic E-state index is 0.0549. The predicted octanol–water partition coefficient (Wildman–Crippen LogP) is 9.55. The largest absolute Gasteiger partial charge is 0.493 e. The number of methoxy groups -OCH3 is 2. The number of hydrogen-bond donors (Lipinski definition) is 1. The van der Waals surface area contributed by atoms with Crippen LogP contribution in [0.4, 0.5) is 4.79 Å². The second-order valence-electron chi connectivity index (χ2n) is 17.5. The summed E-state index contributed by atoms with van der Waals surface area (Å²) in [5, 5.41) is 3.88. The molecule has 8 rings (SSSR count). The Morgan fingerprint density at radius 2 is 1.40 bits per heavy atom. The third-order valence-electron chi connectivity index (χ3n) is 12.8. The molecule has 1 atom stereocenters. The van der Waals surface area contributed by atoms with E-state index in [9.17, 15) is 14.4 Å². The van der Waals surface area contributed by atoms with Gasteiger partial charge in [0.25, 0.3) is 12.4 Å². The van der Waals surface area contributed by atoms with Gasteiger partial charge in [-0.1, -0.05) is 109 Å². The molecule has 1 aliphatic carbocycles. The highest BCUT2D eigenvalue weighted by atomic mass is 16.6. The lowest BCUT2D eigenvalue weighted by molar-refractivity contribution is -0.134. The maximum atomic E-state index is 14.0. The van der Waals surface area contributed by atoms with Gasteiger partial charge in [-0.05, 0) is 93.7 Å². The molecule has 2 amide bonds. The topological polar surface area (TPSA) is 145 Å². The summed E-state index contributed by atoms with van der Waals surface area (Å²) >= 11 is 0. The van der Waals surface area contributed by atoms with Crippen molar-refractivity contribution in [2.24, 2.45) is 0 Å². The summed E-state index contributed by atoms with van der Waals surface area (Å²) in [5.74, 6) is 1.38. The molecule has 0 radical (unpaired) electrons. The first-order valence-corrected chi connectivity index (χ1v) is 24.7. The molecule has 14 nitrogen and oxygen atoms in total. The Kier molecular flexibility index (Phi) is 18.9. The quantitative estimate of drug-likeness (QED) is 0.0354. The molecule has 0 saturated heterocycles.